The zero-order chi connectivity index (χ0) is 16.7. The summed E-state index contributed by atoms with van der Waals surface area (Å²) in [5, 5.41) is 8.42. The third-order valence-electron chi connectivity index (χ3n) is 3.61. The van der Waals surface area contributed by atoms with Gasteiger partial charge in [-0.25, -0.2) is 4.39 Å². The first-order valence-electron chi connectivity index (χ1n) is 6.12. The summed E-state index contributed by atoms with van der Waals surface area (Å²) < 4.78 is 118. The van der Waals surface area contributed by atoms with E-state index in [1.807, 2.05) is 0 Å². The van der Waals surface area contributed by atoms with Crippen molar-refractivity contribution in [3.05, 3.63) is 0 Å². The zero-order valence-corrected chi connectivity index (χ0v) is 10.6. The van der Waals surface area contributed by atoms with Gasteiger partial charge in [0.05, 0.1) is 0 Å². The molecular weight excluding hydrogens is 319 g/mol. The van der Waals surface area contributed by atoms with Gasteiger partial charge in [0.15, 0.2) is 0 Å². The third kappa shape index (κ3) is 2.12. The van der Waals surface area contributed by atoms with Crippen LogP contribution in [0.3, 0.4) is 0 Å². The summed E-state index contributed by atoms with van der Waals surface area (Å²) in [6.45, 7) is -0.288. The van der Waals surface area contributed by atoms with Gasteiger partial charge in [0, 0.05) is 6.61 Å². The molecule has 0 heterocycles. The SMILES string of the molecule is OCCCCCCC1(F)C(F)(F)C(F)(F)C(F)(F)C1(F)F. The maximum Gasteiger partial charge on any atom is 0.381 e. The van der Waals surface area contributed by atoms with Crippen molar-refractivity contribution < 1.29 is 44.6 Å². The van der Waals surface area contributed by atoms with Crippen molar-refractivity contribution in [2.24, 2.45) is 0 Å². The second-order valence-electron chi connectivity index (χ2n) is 4.99. The Balaban J connectivity index is 3.03. The van der Waals surface area contributed by atoms with E-state index in [1.165, 1.54) is 0 Å². The van der Waals surface area contributed by atoms with E-state index in [0.717, 1.165) is 0 Å². The van der Waals surface area contributed by atoms with Gasteiger partial charge in [-0.1, -0.05) is 12.8 Å². The van der Waals surface area contributed by atoms with Crippen LogP contribution in [0.4, 0.5) is 39.5 Å². The minimum atomic E-state index is -6.48. The van der Waals surface area contributed by atoms with Crippen LogP contribution in [0.5, 0.6) is 0 Å². The predicted octanol–water partition coefficient (Wildman–Crippen LogP) is 4.19. The van der Waals surface area contributed by atoms with Crippen LogP contribution in [-0.2, 0) is 0 Å². The first-order valence-corrected chi connectivity index (χ1v) is 6.12. The second kappa shape index (κ2) is 5.20. The van der Waals surface area contributed by atoms with Crippen LogP contribution in [0.25, 0.3) is 0 Å². The van der Waals surface area contributed by atoms with Crippen molar-refractivity contribution in [1.29, 1.82) is 0 Å². The molecule has 0 unspecified atom stereocenters. The molecule has 0 amide bonds. The molecule has 0 saturated heterocycles. The lowest BCUT2D eigenvalue weighted by Gasteiger charge is -2.30. The number of aliphatic hydroxyl groups is 1. The molecule has 0 atom stereocenters. The Labute approximate surface area is 114 Å². The van der Waals surface area contributed by atoms with Crippen LogP contribution in [0.1, 0.15) is 32.1 Å². The Kier molecular flexibility index (Phi) is 4.55. The molecule has 1 rings (SSSR count). The number of hydrogen-bond donors (Lipinski definition) is 1. The summed E-state index contributed by atoms with van der Waals surface area (Å²) in [6, 6.07) is 0. The smallest absolute Gasteiger partial charge is 0.381 e. The predicted molar refractivity (Wildman–Crippen MR) is 53.8 cm³/mol. The van der Waals surface area contributed by atoms with E-state index < -0.39 is 42.2 Å². The molecule has 10 heteroatoms. The standard InChI is InChI=1S/C11H13F9O/c12-7(5-3-1-2-4-6-21)8(13,14)10(17,18)11(19,20)9(7,15)16/h21H,1-6H2. The van der Waals surface area contributed by atoms with E-state index in [1.54, 1.807) is 0 Å². The molecule has 0 spiro atoms. The highest BCUT2D eigenvalue weighted by Gasteiger charge is 2.99. The number of halogens is 9. The highest BCUT2D eigenvalue weighted by molar-refractivity contribution is 5.26. The summed E-state index contributed by atoms with van der Waals surface area (Å²) in [6.07, 6.45) is -2.39. The molecule has 0 aromatic rings. The van der Waals surface area contributed by atoms with Crippen LogP contribution in [0.15, 0.2) is 0 Å². The van der Waals surface area contributed by atoms with Gasteiger partial charge >= 0.3 is 23.7 Å². The van der Waals surface area contributed by atoms with Crippen molar-refractivity contribution >= 4 is 0 Å². The minimum absolute atomic E-state index is 0.135. The van der Waals surface area contributed by atoms with Gasteiger partial charge in [-0.2, -0.15) is 35.1 Å². The topological polar surface area (TPSA) is 20.2 Å². The Hall–Kier alpha value is -0.670. The Bertz CT molecular complexity index is 354. The maximum absolute atomic E-state index is 13.9. The van der Waals surface area contributed by atoms with E-state index in [-0.39, 0.29) is 25.9 Å². The van der Waals surface area contributed by atoms with Crippen molar-refractivity contribution in [3.8, 4) is 0 Å². The lowest BCUT2D eigenvalue weighted by molar-refractivity contribution is -0.303. The van der Waals surface area contributed by atoms with Gasteiger partial charge in [0.25, 0.3) is 0 Å². The van der Waals surface area contributed by atoms with Gasteiger partial charge in [-0.3, -0.25) is 0 Å². The molecular formula is C11H13F9O. The van der Waals surface area contributed by atoms with Gasteiger partial charge in [-0.05, 0) is 19.3 Å². The van der Waals surface area contributed by atoms with E-state index in [2.05, 4.69) is 0 Å². The number of alkyl halides is 9. The molecule has 21 heavy (non-hydrogen) atoms. The fraction of sp³-hybridized carbons (Fsp3) is 1.00. The molecule has 0 bridgehead atoms. The van der Waals surface area contributed by atoms with Crippen molar-refractivity contribution in [2.45, 2.75) is 61.5 Å². The summed E-state index contributed by atoms with van der Waals surface area (Å²) >= 11 is 0. The number of aliphatic hydroxyl groups excluding tert-OH is 1. The lowest BCUT2D eigenvalue weighted by Crippen LogP contribution is -2.54. The minimum Gasteiger partial charge on any atom is -0.396 e. The van der Waals surface area contributed by atoms with Crippen LogP contribution in [-0.4, -0.2) is 41.1 Å². The van der Waals surface area contributed by atoms with E-state index in [0.29, 0.717) is 0 Å². The summed E-state index contributed by atoms with van der Waals surface area (Å²) in [5.41, 5.74) is -5.33. The Morgan fingerprint density at radius 2 is 0.905 bits per heavy atom. The van der Waals surface area contributed by atoms with Crippen LogP contribution >= 0.6 is 0 Å². The molecule has 0 radical (unpaired) electrons. The Morgan fingerprint density at radius 3 is 1.29 bits per heavy atom. The van der Waals surface area contributed by atoms with Gasteiger partial charge in [0.2, 0.25) is 5.67 Å². The van der Waals surface area contributed by atoms with Crippen LogP contribution < -0.4 is 0 Å². The van der Waals surface area contributed by atoms with Crippen LogP contribution in [0, 0.1) is 0 Å². The first-order chi connectivity index (χ1) is 9.31. The molecule has 1 nitrogen and oxygen atoms in total. The monoisotopic (exact) mass is 332 g/mol. The number of hydrogen-bond acceptors (Lipinski definition) is 1. The molecule has 0 aromatic heterocycles. The van der Waals surface area contributed by atoms with Gasteiger partial charge in [0.1, 0.15) is 0 Å². The molecule has 126 valence electrons. The normalized spacial score (nSPS) is 27.7. The van der Waals surface area contributed by atoms with Gasteiger partial charge < -0.3 is 5.11 Å². The molecule has 1 aliphatic rings. The molecule has 0 aliphatic heterocycles. The third-order valence-corrected chi connectivity index (χ3v) is 3.61. The molecule has 1 aliphatic carbocycles. The van der Waals surface area contributed by atoms with Crippen molar-refractivity contribution in [3.63, 3.8) is 0 Å². The molecule has 0 aromatic carbocycles. The highest BCUT2D eigenvalue weighted by atomic mass is 19.4. The van der Waals surface area contributed by atoms with Crippen molar-refractivity contribution in [2.75, 3.05) is 6.61 Å². The summed E-state index contributed by atoms with van der Waals surface area (Å²) in [7, 11) is 0. The average molecular weight is 332 g/mol. The van der Waals surface area contributed by atoms with E-state index in [4.69, 9.17) is 5.11 Å². The molecule has 1 saturated carbocycles. The fourth-order valence-corrected chi connectivity index (χ4v) is 2.24. The van der Waals surface area contributed by atoms with Gasteiger partial charge in [-0.15, -0.1) is 0 Å². The Morgan fingerprint density at radius 1 is 0.524 bits per heavy atom. The number of unbranched alkanes of at least 4 members (excludes halogenated alkanes) is 3. The number of rotatable bonds is 6. The molecule has 1 N–H and O–H groups in total. The summed E-state index contributed by atoms with van der Waals surface area (Å²) in [5.74, 6) is -25.3. The molecule has 1 fully saturated rings. The van der Waals surface area contributed by atoms with Crippen LogP contribution in [0.2, 0.25) is 0 Å². The zero-order valence-electron chi connectivity index (χ0n) is 10.6. The average Bonchev–Trinajstić information content (AvgIpc) is 2.40. The fourth-order valence-electron chi connectivity index (χ4n) is 2.24. The summed E-state index contributed by atoms with van der Waals surface area (Å²) in [4.78, 5) is 0. The van der Waals surface area contributed by atoms with E-state index >= 15 is 0 Å². The maximum atomic E-state index is 13.9. The quantitative estimate of drug-likeness (QED) is 0.571. The van der Waals surface area contributed by atoms with E-state index in [9.17, 15) is 39.5 Å². The largest absolute Gasteiger partial charge is 0.396 e. The van der Waals surface area contributed by atoms with Crippen molar-refractivity contribution in [1.82, 2.24) is 0 Å². The second-order valence-corrected chi connectivity index (χ2v) is 4.99. The highest BCUT2D eigenvalue weighted by Crippen LogP contribution is 2.70. The lowest BCUT2D eigenvalue weighted by atomic mass is 9.90. The first kappa shape index (κ1) is 18.4.